The molecule has 0 radical (unpaired) electrons. The Kier molecular flexibility index (Phi) is 7.99. The molecule has 0 atom stereocenters. The minimum absolute atomic E-state index is 0. The standard InChI is InChI=1S/C19H23F3N4O2.ClH/c1-4-18(5-2,11-23)24-17(28)16-15(27)9-12(3)26(25-16)14-8-6-7-13(10-14)19(20,21)22;/h6-10H,4-5,11,23H2,1-3H3,(H,24,28);1H. The van der Waals surface area contributed by atoms with Gasteiger partial charge in [0.2, 0.25) is 5.43 Å². The summed E-state index contributed by atoms with van der Waals surface area (Å²) in [4.78, 5) is 25.0. The number of nitrogens with two attached hydrogens (primary N) is 1. The first-order chi connectivity index (χ1) is 13.1. The molecule has 1 aromatic heterocycles. The van der Waals surface area contributed by atoms with Crippen LogP contribution in [0.5, 0.6) is 0 Å². The molecule has 29 heavy (non-hydrogen) atoms. The van der Waals surface area contributed by atoms with Crippen molar-refractivity contribution in [1.29, 1.82) is 0 Å². The van der Waals surface area contributed by atoms with E-state index in [2.05, 4.69) is 10.4 Å². The van der Waals surface area contributed by atoms with Crippen molar-refractivity contribution in [3.63, 3.8) is 0 Å². The second-order valence-electron chi connectivity index (χ2n) is 6.60. The van der Waals surface area contributed by atoms with Crippen LogP contribution in [0.15, 0.2) is 35.1 Å². The van der Waals surface area contributed by atoms with Crippen molar-refractivity contribution in [2.24, 2.45) is 5.73 Å². The summed E-state index contributed by atoms with van der Waals surface area (Å²) in [5.74, 6) is -0.708. The topological polar surface area (TPSA) is 90.0 Å². The zero-order chi connectivity index (χ0) is 21.1. The minimum atomic E-state index is -4.52. The van der Waals surface area contributed by atoms with Crippen LogP contribution >= 0.6 is 12.4 Å². The first-order valence-corrected chi connectivity index (χ1v) is 8.88. The number of aromatic nitrogens is 2. The third kappa shape index (κ3) is 5.36. The lowest BCUT2D eigenvalue weighted by atomic mass is 9.93. The number of carbonyl (C=O) groups excluding carboxylic acids is 1. The van der Waals surface area contributed by atoms with Crippen LogP contribution in [0, 0.1) is 6.92 Å². The van der Waals surface area contributed by atoms with E-state index in [1.165, 1.54) is 25.1 Å². The molecular formula is C19H24ClF3N4O2. The Labute approximate surface area is 172 Å². The van der Waals surface area contributed by atoms with Gasteiger partial charge in [0.15, 0.2) is 5.69 Å². The molecule has 3 N–H and O–H groups in total. The summed E-state index contributed by atoms with van der Waals surface area (Å²) < 4.78 is 40.2. The summed E-state index contributed by atoms with van der Waals surface area (Å²) in [5, 5.41) is 6.79. The predicted octanol–water partition coefficient (Wildman–Crippen LogP) is 3.23. The molecule has 10 heteroatoms. The molecule has 0 unspecified atom stereocenters. The normalized spacial score (nSPS) is 11.7. The highest BCUT2D eigenvalue weighted by Gasteiger charge is 2.31. The molecular weight excluding hydrogens is 409 g/mol. The van der Waals surface area contributed by atoms with Gasteiger partial charge in [0.05, 0.1) is 16.8 Å². The molecule has 0 bridgehead atoms. The van der Waals surface area contributed by atoms with E-state index < -0.39 is 34.3 Å². The zero-order valence-corrected chi connectivity index (χ0v) is 17.2. The fourth-order valence-electron chi connectivity index (χ4n) is 2.85. The monoisotopic (exact) mass is 432 g/mol. The van der Waals surface area contributed by atoms with E-state index in [-0.39, 0.29) is 24.6 Å². The average molecular weight is 433 g/mol. The molecule has 0 aliphatic rings. The van der Waals surface area contributed by atoms with Crippen LogP contribution in [-0.4, -0.2) is 27.8 Å². The van der Waals surface area contributed by atoms with E-state index >= 15 is 0 Å². The molecule has 0 aliphatic heterocycles. The van der Waals surface area contributed by atoms with Gasteiger partial charge in [-0.3, -0.25) is 9.59 Å². The number of nitrogens with zero attached hydrogens (tertiary/aromatic N) is 2. The number of aryl methyl sites for hydroxylation is 1. The summed E-state index contributed by atoms with van der Waals surface area (Å²) in [6, 6.07) is 5.68. The van der Waals surface area contributed by atoms with Crippen LogP contribution in [0.25, 0.3) is 5.69 Å². The number of benzene rings is 1. The molecule has 1 aromatic carbocycles. The second kappa shape index (κ2) is 9.41. The van der Waals surface area contributed by atoms with Crippen molar-refractivity contribution in [1.82, 2.24) is 15.1 Å². The van der Waals surface area contributed by atoms with Gasteiger partial charge < -0.3 is 11.1 Å². The van der Waals surface area contributed by atoms with Gasteiger partial charge in [0, 0.05) is 18.3 Å². The Morgan fingerprint density at radius 3 is 2.34 bits per heavy atom. The lowest BCUT2D eigenvalue weighted by molar-refractivity contribution is -0.137. The molecule has 0 spiro atoms. The summed E-state index contributed by atoms with van der Waals surface area (Å²) >= 11 is 0. The second-order valence-corrected chi connectivity index (χ2v) is 6.60. The van der Waals surface area contributed by atoms with Crippen molar-refractivity contribution in [3.05, 3.63) is 57.5 Å². The van der Waals surface area contributed by atoms with E-state index in [0.717, 1.165) is 16.8 Å². The number of alkyl halides is 3. The van der Waals surface area contributed by atoms with E-state index in [1.54, 1.807) is 0 Å². The molecule has 0 fully saturated rings. The van der Waals surface area contributed by atoms with Gasteiger partial charge in [-0.25, -0.2) is 4.68 Å². The van der Waals surface area contributed by atoms with E-state index in [9.17, 15) is 22.8 Å². The third-order valence-corrected chi connectivity index (χ3v) is 4.86. The molecule has 1 amide bonds. The maximum absolute atomic E-state index is 13.0. The van der Waals surface area contributed by atoms with E-state index in [1.807, 2.05) is 13.8 Å². The Morgan fingerprint density at radius 1 is 1.21 bits per heavy atom. The molecule has 0 saturated carbocycles. The minimum Gasteiger partial charge on any atom is -0.344 e. The summed E-state index contributed by atoms with van der Waals surface area (Å²) in [7, 11) is 0. The Bertz CT molecular complexity index is 916. The number of halogens is 4. The van der Waals surface area contributed by atoms with E-state index in [0.29, 0.717) is 18.5 Å². The lowest BCUT2D eigenvalue weighted by Crippen LogP contribution is -2.53. The largest absolute Gasteiger partial charge is 0.416 e. The molecule has 160 valence electrons. The molecule has 2 rings (SSSR count). The fourth-order valence-corrected chi connectivity index (χ4v) is 2.85. The predicted molar refractivity (Wildman–Crippen MR) is 107 cm³/mol. The van der Waals surface area contributed by atoms with Gasteiger partial charge in [0.25, 0.3) is 5.91 Å². The third-order valence-electron chi connectivity index (χ3n) is 4.86. The van der Waals surface area contributed by atoms with Crippen LogP contribution in [0.3, 0.4) is 0 Å². The number of amides is 1. The summed E-state index contributed by atoms with van der Waals surface area (Å²) in [6.45, 7) is 5.43. The highest BCUT2D eigenvalue weighted by molar-refractivity contribution is 5.92. The van der Waals surface area contributed by atoms with Gasteiger partial charge in [-0.05, 0) is 38.0 Å². The smallest absolute Gasteiger partial charge is 0.344 e. The lowest BCUT2D eigenvalue weighted by Gasteiger charge is -2.31. The van der Waals surface area contributed by atoms with Crippen LogP contribution in [0.1, 0.15) is 48.4 Å². The van der Waals surface area contributed by atoms with Crippen LogP contribution in [0.2, 0.25) is 0 Å². The highest BCUT2D eigenvalue weighted by Crippen LogP contribution is 2.30. The molecule has 2 aromatic rings. The average Bonchev–Trinajstić information content (AvgIpc) is 2.65. The number of hydrogen-bond donors (Lipinski definition) is 2. The first kappa shape index (κ1) is 24.6. The maximum Gasteiger partial charge on any atom is 0.416 e. The number of nitrogens with one attached hydrogen (secondary N) is 1. The van der Waals surface area contributed by atoms with Crippen LogP contribution in [0.4, 0.5) is 13.2 Å². The molecule has 1 heterocycles. The van der Waals surface area contributed by atoms with Crippen LogP contribution in [-0.2, 0) is 6.18 Å². The highest BCUT2D eigenvalue weighted by atomic mass is 35.5. The number of hydrogen-bond acceptors (Lipinski definition) is 4. The number of carbonyl (C=O) groups is 1. The van der Waals surface area contributed by atoms with E-state index in [4.69, 9.17) is 5.73 Å². The van der Waals surface area contributed by atoms with Crippen molar-refractivity contribution in [2.45, 2.75) is 45.3 Å². The van der Waals surface area contributed by atoms with Gasteiger partial charge in [-0.1, -0.05) is 19.9 Å². The molecule has 6 nitrogen and oxygen atoms in total. The Hall–Kier alpha value is -2.39. The zero-order valence-electron chi connectivity index (χ0n) is 16.3. The van der Waals surface area contributed by atoms with Gasteiger partial charge >= 0.3 is 6.18 Å². The van der Waals surface area contributed by atoms with Gasteiger partial charge in [-0.2, -0.15) is 18.3 Å². The fraction of sp³-hybridized carbons (Fsp3) is 0.421. The maximum atomic E-state index is 13.0. The molecule has 0 saturated heterocycles. The van der Waals surface area contributed by atoms with Crippen molar-refractivity contribution in [2.75, 3.05) is 6.54 Å². The van der Waals surface area contributed by atoms with Crippen molar-refractivity contribution in [3.8, 4) is 5.69 Å². The Balaban J connectivity index is 0.00000420. The van der Waals surface area contributed by atoms with Gasteiger partial charge in [-0.15, -0.1) is 12.4 Å². The summed E-state index contributed by atoms with van der Waals surface area (Å²) in [5.41, 5.74) is 3.62. The molecule has 0 aliphatic carbocycles. The van der Waals surface area contributed by atoms with Gasteiger partial charge in [0.1, 0.15) is 0 Å². The van der Waals surface area contributed by atoms with Crippen molar-refractivity contribution < 1.29 is 18.0 Å². The van der Waals surface area contributed by atoms with Crippen molar-refractivity contribution >= 4 is 18.3 Å². The van der Waals surface area contributed by atoms with Crippen LogP contribution < -0.4 is 16.5 Å². The SMILES string of the molecule is CCC(CC)(CN)NC(=O)c1nn(-c2cccc(C(F)(F)F)c2)c(C)cc1=O.Cl. The summed E-state index contributed by atoms with van der Waals surface area (Å²) in [6.07, 6.45) is -3.41. The number of rotatable bonds is 6. The quantitative estimate of drug-likeness (QED) is 0.733. The first-order valence-electron chi connectivity index (χ1n) is 8.88. The Morgan fingerprint density at radius 2 is 1.83 bits per heavy atom.